The molecule has 2 saturated carbocycles. The maximum absolute atomic E-state index is 16.1. The smallest absolute Gasteiger partial charge is 0.497 e. The van der Waals surface area contributed by atoms with Crippen molar-refractivity contribution in [1.29, 1.82) is 5.26 Å². The third kappa shape index (κ3) is 12.1. The van der Waals surface area contributed by atoms with Gasteiger partial charge in [-0.25, -0.2) is 19.0 Å². The van der Waals surface area contributed by atoms with Gasteiger partial charge in [0.05, 0.1) is 64.7 Å². The lowest BCUT2D eigenvalue weighted by Gasteiger charge is -2.37. The Labute approximate surface area is 421 Å². The van der Waals surface area contributed by atoms with Gasteiger partial charge in [-0.3, -0.25) is 9.78 Å². The van der Waals surface area contributed by atoms with E-state index in [1.807, 2.05) is 92.7 Å². The molecule has 0 radical (unpaired) electrons. The molecule has 6 aromatic rings. The monoisotopic (exact) mass is 1050 g/mol. The van der Waals surface area contributed by atoms with E-state index in [0.717, 1.165) is 16.7 Å². The van der Waals surface area contributed by atoms with Crippen LogP contribution >= 0.6 is 15.0 Å². The normalized spacial score (nSPS) is 22.1. The van der Waals surface area contributed by atoms with Gasteiger partial charge in [0.15, 0.2) is 23.4 Å². The van der Waals surface area contributed by atoms with Crippen molar-refractivity contribution in [3.63, 3.8) is 0 Å². The Balaban J connectivity index is 1.15. The highest BCUT2D eigenvalue weighted by atomic mass is 32.5. The number of H-pyrrole nitrogens is 1. The number of aromatic amines is 1. The largest absolute Gasteiger partial charge is 0.695 e. The van der Waals surface area contributed by atoms with Gasteiger partial charge >= 0.3 is 15.0 Å². The Morgan fingerprint density at radius 1 is 0.986 bits per heavy atom. The number of aromatic nitrogens is 7. The maximum Gasteiger partial charge on any atom is 0.695 e. The summed E-state index contributed by atoms with van der Waals surface area (Å²) in [6.45, 7) is 0.375. The Morgan fingerprint density at radius 3 is 2.31 bits per heavy atom. The van der Waals surface area contributed by atoms with E-state index in [1.54, 1.807) is 25.0 Å². The Hall–Kier alpha value is -5.85. The summed E-state index contributed by atoms with van der Waals surface area (Å²) in [6.07, 6.45) is -0.497. The molecule has 0 saturated heterocycles. The molecule has 380 valence electrons. The molecular weight excluding hydrogens is 990 g/mol. The van der Waals surface area contributed by atoms with Crippen LogP contribution in [0.4, 0.5) is 16.2 Å². The van der Waals surface area contributed by atoms with Crippen LogP contribution in [0, 0.1) is 29.1 Å². The minimum Gasteiger partial charge on any atom is -0.497 e. The van der Waals surface area contributed by atoms with Crippen molar-refractivity contribution in [1.82, 2.24) is 34.9 Å². The van der Waals surface area contributed by atoms with Crippen LogP contribution in [0.25, 0.3) is 11.2 Å². The van der Waals surface area contributed by atoms with Gasteiger partial charge in [-0.05, 0) is 89.9 Å². The molecule has 3 heterocycles. The van der Waals surface area contributed by atoms with E-state index in [9.17, 15) is 19.5 Å². The van der Waals surface area contributed by atoms with Gasteiger partial charge in [0.1, 0.15) is 29.2 Å². The first-order valence-electron chi connectivity index (χ1n) is 23.3. The summed E-state index contributed by atoms with van der Waals surface area (Å²) < 4.78 is 72.8. The molecule has 3 aromatic carbocycles. The molecule has 0 amide bonds. The zero-order valence-electron chi connectivity index (χ0n) is 39.9. The van der Waals surface area contributed by atoms with Crippen molar-refractivity contribution in [3.8, 4) is 17.6 Å². The number of nitriles is 1. The Morgan fingerprint density at radius 2 is 1.68 bits per heavy atom. The SMILES string of the molecule is COc1ccc(C(OC[C@H]2C[C@@H](n3nnc4c(=O)[nH]c(NCC(C)C)nc43)[C@H](O[P@@](=S)(OCCC#N)OC[C@H]3C[C@@H](Nc4ccncn4)[C@H](F)[C@@H]3O[P+](=O)O)C2)(c2ccccc2)c2ccc(OC)cc2)cc1. The molecule has 3 aromatic heterocycles. The van der Waals surface area contributed by atoms with E-state index in [2.05, 4.69) is 42.0 Å². The number of anilines is 2. The summed E-state index contributed by atoms with van der Waals surface area (Å²) in [7, 11) is 0.00421. The molecule has 0 spiro atoms. The molecule has 20 nitrogen and oxygen atoms in total. The number of ether oxygens (including phenoxy) is 3. The highest BCUT2D eigenvalue weighted by molar-refractivity contribution is 8.07. The van der Waals surface area contributed by atoms with Gasteiger partial charge in [0.2, 0.25) is 5.95 Å². The van der Waals surface area contributed by atoms with Crippen LogP contribution < -0.4 is 25.7 Å². The molecule has 72 heavy (non-hydrogen) atoms. The van der Waals surface area contributed by atoms with Crippen LogP contribution in [0.2, 0.25) is 0 Å². The topological polar surface area (TPSA) is 252 Å². The van der Waals surface area contributed by atoms with Crippen LogP contribution in [0.15, 0.2) is 102 Å². The quantitative estimate of drug-likeness (QED) is 0.0256. The molecule has 0 aliphatic heterocycles. The number of benzene rings is 3. The first kappa shape index (κ1) is 52.5. The lowest BCUT2D eigenvalue weighted by atomic mass is 9.80. The second-order valence-electron chi connectivity index (χ2n) is 17.8. The van der Waals surface area contributed by atoms with E-state index in [1.165, 1.54) is 12.5 Å². The number of alkyl halides is 1. The molecule has 9 atom stereocenters. The van der Waals surface area contributed by atoms with Crippen LogP contribution in [0.1, 0.15) is 62.3 Å². The molecular formula is C48H56FN10O10P2S+. The van der Waals surface area contributed by atoms with E-state index in [4.69, 9.17) is 49.1 Å². The predicted molar refractivity (Wildman–Crippen MR) is 268 cm³/mol. The summed E-state index contributed by atoms with van der Waals surface area (Å²) in [5.74, 6) is 1.06. The zero-order valence-corrected chi connectivity index (χ0v) is 42.6. The average Bonchev–Trinajstić information content (AvgIpc) is 4.08. The van der Waals surface area contributed by atoms with E-state index < -0.39 is 62.5 Å². The van der Waals surface area contributed by atoms with Gasteiger partial charge in [-0.15, -0.1) is 14.5 Å². The minimum atomic E-state index is -3.89. The number of halogens is 1. The van der Waals surface area contributed by atoms with Gasteiger partial charge in [0.25, 0.3) is 5.56 Å². The van der Waals surface area contributed by atoms with Crippen molar-refractivity contribution in [3.05, 3.63) is 124 Å². The summed E-state index contributed by atoms with van der Waals surface area (Å²) in [6, 6.07) is 27.3. The fourth-order valence-electron chi connectivity index (χ4n) is 9.20. The number of nitrogens with zero attached hydrogens (tertiary/aromatic N) is 7. The molecule has 4 N–H and O–H groups in total. The van der Waals surface area contributed by atoms with Crippen molar-refractivity contribution in [2.45, 2.75) is 75.6 Å². The lowest BCUT2D eigenvalue weighted by molar-refractivity contribution is -0.00936. The van der Waals surface area contributed by atoms with Crippen LogP contribution in [0.5, 0.6) is 11.5 Å². The zero-order chi connectivity index (χ0) is 50.8. The van der Waals surface area contributed by atoms with Crippen LogP contribution in [0.3, 0.4) is 0 Å². The second-order valence-corrected chi connectivity index (χ2v) is 21.5. The van der Waals surface area contributed by atoms with Gasteiger partial charge in [-0.1, -0.05) is 73.7 Å². The third-order valence-corrected chi connectivity index (χ3v) is 15.4. The maximum atomic E-state index is 16.1. The van der Waals surface area contributed by atoms with E-state index in [-0.39, 0.29) is 61.6 Å². The molecule has 2 aliphatic rings. The number of rotatable bonds is 24. The number of hydrogen-bond acceptors (Lipinski definition) is 18. The first-order valence-corrected chi connectivity index (χ1v) is 27.0. The third-order valence-electron chi connectivity index (χ3n) is 12.6. The number of hydrogen-bond donors (Lipinski definition) is 4. The number of nitrogens with one attached hydrogen (secondary N) is 3. The van der Waals surface area contributed by atoms with Crippen molar-refractivity contribution >= 4 is 49.7 Å². The first-order chi connectivity index (χ1) is 34.8. The summed E-state index contributed by atoms with van der Waals surface area (Å²) in [4.78, 5) is 38.8. The average molecular weight is 1050 g/mol. The summed E-state index contributed by atoms with van der Waals surface area (Å²) >= 11 is 6.13. The van der Waals surface area contributed by atoms with Gasteiger partial charge in [0, 0.05) is 23.2 Å². The summed E-state index contributed by atoms with van der Waals surface area (Å²) in [5.41, 5.74) is 1.06. The fraction of sp³-hybridized carbons (Fsp3) is 0.438. The molecule has 24 heteroatoms. The lowest BCUT2D eigenvalue weighted by Crippen LogP contribution is -2.34. The molecule has 2 aliphatic carbocycles. The van der Waals surface area contributed by atoms with Crippen LogP contribution in [-0.4, -0.2) is 105 Å². The predicted octanol–water partition coefficient (Wildman–Crippen LogP) is 7.78. The number of fused-ring (bicyclic) bond motifs is 1. The molecule has 2 fully saturated rings. The van der Waals surface area contributed by atoms with Crippen molar-refractivity contribution in [2.75, 3.05) is 51.2 Å². The highest BCUT2D eigenvalue weighted by Gasteiger charge is 2.51. The van der Waals surface area contributed by atoms with Crippen LogP contribution in [-0.2, 0) is 44.8 Å². The second kappa shape index (κ2) is 23.8. The number of methoxy groups -OCH3 is 2. The molecule has 1 unspecified atom stereocenters. The summed E-state index contributed by atoms with van der Waals surface area (Å²) in [5, 5.41) is 24.5. The standard InChI is InChI=1S/C48H55FN10O10P2S/c1-30(2)26-52-47-55-45-43(46(60)56-47)57-58-59(45)39-23-31(27-65-48(33-9-6-5-7-10-33,34-11-15-36(63-3)16-12-34)35-13-17-37(64-4)18-14-35)24-40(39)69-71(72,66-22-8-20-50)67-28-32-25-38(42(49)44(32)68-70(61)62)54-41-19-21-51-29-53-41/h5-7,9-19,21,29-32,38-40,42,44H,8,22-28H2,1-4H3,(H3-,51,52,53,54,55,56,58,60,61,62)/p+1/t31-,32+,38+,39+,40+,42-,44+,71+/m0/s1. The van der Waals surface area contributed by atoms with Crippen molar-refractivity contribution < 1.29 is 46.2 Å². The molecule has 0 bridgehead atoms. The van der Waals surface area contributed by atoms with E-state index in [0.29, 0.717) is 36.7 Å². The Bertz CT molecular complexity index is 2860. The highest BCUT2D eigenvalue weighted by Crippen LogP contribution is 2.56. The van der Waals surface area contributed by atoms with E-state index >= 15 is 4.39 Å². The Kier molecular flexibility index (Phi) is 17.3. The van der Waals surface area contributed by atoms with Crippen molar-refractivity contribution in [2.24, 2.45) is 17.8 Å². The fourth-order valence-corrected chi connectivity index (χ4v) is 11.9. The minimum absolute atomic E-state index is 0.00649. The molecule has 8 rings (SSSR count). The van der Waals surface area contributed by atoms with Gasteiger partial charge < -0.3 is 38.4 Å². The van der Waals surface area contributed by atoms with Gasteiger partial charge in [-0.2, -0.15) is 10.2 Å².